The van der Waals surface area contributed by atoms with Crippen LogP contribution in [0.15, 0.2) is 18.2 Å². The van der Waals surface area contributed by atoms with Crippen LogP contribution in [-0.2, 0) is 4.79 Å². The Balaban J connectivity index is 1.95. The van der Waals surface area contributed by atoms with Gasteiger partial charge >= 0.3 is 0 Å². The van der Waals surface area contributed by atoms with E-state index in [0.29, 0.717) is 22.5 Å². The first-order chi connectivity index (χ1) is 10.1. The van der Waals surface area contributed by atoms with E-state index in [0.717, 1.165) is 12.8 Å². The molecule has 1 aliphatic carbocycles. The molecule has 0 aromatic heterocycles. The highest BCUT2D eigenvalue weighted by Crippen LogP contribution is 2.27. The average Bonchev–Trinajstić information content (AvgIpc) is 2.48. The Morgan fingerprint density at radius 3 is 2.71 bits per heavy atom. The van der Waals surface area contributed by atoms with Gasteiger partial charge in [-0.05, 0) is 38.0 Å². The molecule has 5 heteroatoms. The van der Waals surface area contributed by atoms with E-state index in [1.54, 1.807) is 25.3 Å². The average molecular weight is 311 g/mol. The molecule has 2 rings (SSSR count). The zero-order valence-electron chi connectivity index (χ0n) is 12.6. The van der Waals surface area contributed by atoms with Crippen molar-refractivity contribution in [2.24, 2.45) is 0 Å². The molecule has 1 amide bonds. The van der Waals surface area contributed by atoms with Gasteiger partial charge < -0.3 is 15.4 Å². The number of ether oxygens (including phenoxy) is 1. The van der Waals surface area contributed by atoms with Crippen molar-refractivity contribution in [1.29, 1.82) is 0 Å². The minimum atomic E-state index is -0.239. The topological polar surface area (TPSA) is 50.4 Å². The molecule has 1 aromatic carbocycles. The fourth-order valence-corrected chi connectivity index (χ4v) is 2.89. The van der Waals surface area contributed by atoms with Crippen molar-refractivity contribution in [2.45, 2.75) is 51.1 Å². The zero-order chi connectivity index (χ0) is 15.2. The molecule has 0 spiro atoms. The van der Waals surface area contributed by atoms with Crippen molar-refractivity contribution in [2.75, 3.05) is 12.4 Å². The molecule has 2 N–H and O–H groups in total. The third kappa shape index (κ3) is 4.61. The Hall–Kier alpha value is -1.26. The number of amides is 1. The van der Waals surface area contributed by atoms with Crippen molar-refractivity contribution in [3.05, 3.63) is 23.2 Å². The molecular weight excluding hydrogens is 288 g/mol. The molecule has 0 bridgehead atoms. The maximum Gasteiger partial charge on any atom is 0.241 e. The number of benzene rings is 1. The lowest BCUT2D eigenvalue weighted by Gasteiger charge is -2.26. The molecular formula is C16H23ClN2O2. The van der Waals surface area contributed by atoms with Crippen LogP contribution in [0, 0.1) is 0 Å². The third-order valence-electron chi connectivity index (χ3n) is 3.90. The molecule has 0 heterocycles. The SMILES string of the molecule is COc1ccc(Cl)cc1NC(=O)[C@H](C)NC1CCCCC1. The zero-order valence-corrected chi connectivity index (χ0v) is 13.4. The van der Waals surface area contributed by atoms with Crippen LogP contribution in [0.3, 0.4) is 0 Å². The molecule has 1 saturated carbocycles. The van der Waals surface area contributed by atoms with Crippen molar-refractivity contribution >= 4 is 23.2 Å². The highest BCUT2D eigenvalue weighted by Gasteiger charge is 2.20. The van der Waals surface area contributed by atoms with Crippen molar-refractivity contribution in [3.63, 3.8) is 0 Å². The molecule has 1 fully saturated rings. The van der Waals surface area contributed by atoms with E-state index in [1.165, 1.54) is 19.3 Å². The number of hydrogen-bond donors (Lipinski definition) is 2. The monoisotopic (exact) mass is 310 g/mol. The van der Waals surface area contributed by atoms with Gasteiger partial charge in [0.15, 0.2) is 0 Å². The Labute approximate surface area is 131 Å². The van der Waals surface area contributed by atoms with Crippen molar-refractivity contribution < 1.29 is 9.53 Å². The molecule has 21 heavy (non-hydrogen) atoms. The van der Waals surface area contributed by atoms with Crippen LogP contribution >= 0.6 is 11.6 Å². The lowest BCUT2D eigenvalue weighted by Crippen LogP contribution is -2.44. The summed E-state index contributed by atoms with van der Waals surface area (Å²) in [6.45, 7) is 1.89. The van der Waals surface area contributed by atoms with Gasteiger partial charge in [-0.25, -0.2) is 0 Å². The molecule has 0 aliphatic heterocycles. The maximum absolute atomic E-state index is 12.3. The van der Waals surface area contributed by atoms with Gasteiger partial charge in [-0.1, -0.05) is 30.9 Å². The summed E-state index contributed by atoms with van der Waals surface area (Å²) in [7, 11) is 1.57. The van der Waals surface area contributed by atoms with E-state index in [-0.39, 0.29) is 11.9 Å². The van der Waals surface area contributed by atoms with Gasteiger partial charge in [0.25, 0.3) is 0 Å². The molecule has 116 valence electrons. The quantitative estimate of drug-likeness (QED) is 0.873. The third-order valence-corrected chi connectivity index (χ3v) is 4.14. The molecule has 0 saturated heterocycles. The Morgan fingerprint density at radius 1 is 1.33 bits per heavy atom. The minimum Gasteiger partial charge on any atom is -0.495 e. The van der Waals surface area contributed by atoms with Crippen LogP contribution in [0.5, 0.6) is 5.75 Å². The largest absolute Gasteiger partial charge is 0.495 e. The minimum absolute atomic E-state index is 0.0684. The van der Waals surface area contributed by atoms with E-state index in [4.69, 9.17) is 16.3 Å². The van der Waals surface area contributed by atoms with E-state index >= 15 is 0 Å². The molecule has 1 aromatic rings. The van der Waals surface area contributed by atoms with Gasteiger partial charge in [0.1, 0.15) is 5.75 Å². The van der Waals surface area contributed by atoms with Gasteiger partial charge in [-0.2, -0.15) is 0 Å². The summed E-state index contributed by atoms with van der Waals surface area (Å²) in [5.74, 6) is 0.541. The number of hydrogen-bond acceptors (Lipinski definition) is 3. The van der Waals surface area contributed by atoms with Crippen LogP contribution in [0.2, 0.25) is 5.02 Å². The number of nitrogens with one attached hydrogen (secondary N) is 2. The van der Waals surface area contributed by atoms with Crippen LogP contribution in [-0.4, -0.2) is 25.1 Å². The first-order valence-electron chi connectivity index (χ1n) is 7.50. The summed E-state index contributed by atoms with van der Waals surface area (Å²) in [6.07, 6.45) is 6.09. The van der Waals surface area contributed by atoms with Crippen LogP contribution in [0.1, 0.15) is 39.0 Å². The second-order valence-electron chi connectivity index (χ2n) is 5.56. The summed E-state index contributed by atoms with van der Waals surface area (Å²) in [4.78, 5) is 12.3. The highest BCUT2D eigenvalue weighted by atomic mass is 35.5. The predicted molar refractivity (Wildman–Crippen MR) is 86.1 cm³/mol. The summed E-state index contributed by atoms with van der Waals surface area (Å²) in [5, 5.41) is 6.85. The van der Waals surface area contributed by atoms with Crippen molar-refractivity contribution in [1.82, 2.24) is 5.32 Å². The highest BCUT2D eigenvalue weighted by molar-refractivity contribution is 6.31. The van der Waals surface area contributed by atoms with Gasteiger partial charge in [0.05, 0.1) is 18.8 Å². The normalized spacial score (nSPS) is 17.3. The second-order valence-corrected chi connectivity index (χ2v) is 5.99. The number of carbonyl (C=O) groups is 1. The second kappa shape index (κ2) is 7.66. The van der Waals surface area contributed by atoms with Crippen LogP contribution in [0.25, 0.3) is 0 Å². The van der Waals surface area contributed by atoms with E-state index in [2.05, 4.69) is 10.6 Å². The summed E-state index contributed by atoms with van der Waals surface area (Å²) in [5.41, 5.74) is 0.604. The van der Waals surface area contributed by atoms with Gasteiger partial charge in [0.2, 0.25) is 5.91 Å². The molecule has 0 radical (unpaired) electrons. The lowest BCUT2D eigenvalue weighted by molar-refractivity contribution is -0.118. The number of carbonyl (C=O) groups excluding carboxylic acids is 1. The number of rotatable bonds is 5. The molecule has 1 aliphatic rings. The molecule has 4 nitrogen and oxygen atoms in total. The van der Waals surface area contributed by atoms with E-state index in [1.807, 2.05) is 6.92 Å². The first-order valence-corrected chi connectivity index (χ1v) is 7.88. The Morgan fingerprint density at radius 2 is 2.05 bits per heavy atom. The van der Waals surface area contributed by atoms with Crippen molar-refractivity contribution in [3.8, 4) is 5.75 Å². The fourth-order valence-electron chi connectivity index (χ4n) is 2.72. The summed E-state index contributed by atoms with van der Waals surface area (Å²) >= 11 is 5.97. The Kier molecular flexibility index (Phi) is 5.88. The Bertz CT molecular complexity index is 487. The van der Waals surface area contributed by atoms with Crippen LogP contribution < -0.4 is 15.4 Å². The standard InChI is InChI=1S/C16H23ClN2O2/c1-11(18-13-6-4-3-5-7-13)16(20)19-14-10-12(17)8-9-15(14)21-2/h8-11,13,18H,3-7H2,1-2H3,(H,19,20)/t11-/m0/s1. The first kappa shape index (κ1) is 16.1. The predicted octanol–water partition coefficient (Wildman–Crippen LogP) is 3.60. The molecule has 0 unspecified atom stereocenters. The van der Waals surface area contributed by atoms with E-state index < -0.39 is 0 Å². The molecule has 1 atom stereocenters. The van der Waals surface area contributed by atoms with Gasteiger partial charge in [0, 0.05) is 11.1 Å². The number of methoxy groups -OCH3 is 1. The fraction of sp³-hybridized carbons (Fsp3) is 0.562. The van der Waals surface area contributed by atoms with Gasteiger partial charge in [-0.15, -0.1) is 0 Å². The smallest absolute Gasteiger partial charge is 0.241 e. The number of halogens is 1. The summed E-state index contributed by atoms with van der Waals surface area (Å²) in [6, 6.07) is 5.39. The summed E-state index contributed by atoms with van der Waals surface area (Å²) < 4.78 is 5.24. The van der Waals surface area contributed by atoms with Crippen LogP contribution in [0.4, 0.5) is 5.69 Å². The lowest BCUT2D eigenvalue weighted by atomic mass is 9.95. The number of anilines is 1. The van der Waals surface area contributed by atoms with E-state index in [9.17, 15) is 4.79 Å². The van der Waals surface area contributed by atoms with Gasteiger partial charge in [-0.3, -0.25) is 4.79 Å². The maximum atomic E-state index is 12.3.